The van der Waals surface area contributed by atoms with E-state index in [9.17, 15) is 0 Å². The van der Waals surface area contributed by atoms with E-state index in [1.165, 1.54) is 67.3 Å². The van der Waals surface area contributed by atoms with Gasteiger partial charge in [0.15, 0.2) is 0 Å². The lowest BCUT2D eigenvalue weighted by Gasteiger charge is -2.04. The van der Waals surface area contributed by atoms with Crippen LogP contribution in [0, 0.1) is 26.2 Å². The van der Waals surface area contributed by atoms with Crippen molar-refractivity contribution in [2.24, 2.45) is 0 Å². The van der Waals surface area contributed by atoms with Crippen LogP contribution in [-0.4, -0.2) is 13.6 Å². The van der Waals surface area contributed by atoms with Gasteiger partial charge in [-0.05, 0) is 57.8 Å². The molecule has 0 radical (unpaired) electrons. The zero-order valence-electron chi connectivity index (χ0n) is 21.6. The smallest absolute Gasteiger partial charge is 0.00576 e. The van der Waals surface area contributed by atoms with E-state index in [0.717, 1.165) is 12.8 Å². The van der Waals surface area contributed by atoms with Crippen LogP contribution in [0.3, 0.4) is 0 Å². The molecule has 2 rings (SSSR count). The Balaban J connectivity index is 0. The molecule has 0 fully saturated rings. The minimum Gasteiger partial charge on any atom is -0.320 e. The first kappa shape index (κ1) is 31.1. The Bertz CT molecular complexity index is 622. The van der Waals surface area contributed by atoms with E-state index in [4.69, 9.17) is 6.42 Å². The molecule has 31 heavy (non-hydrogen) atoms. The maximum absolute atomic E-state index is 4.78. The second-order valence-corrected chi connectivity index (χ2v) is 7.75. The zero-order chi connectivity index (χ0) is 23.7. The SMILES string of the molecule is C#CCC.CCCCCCNC.CCCc1ccccc1CC.Cc1ccc(C)cc1. The summed E-state index contributed by atoms with van der Waals surface area (Å²) in [7, 11) is 2.01. The molecule has 0 bridgehead atoms. The molecule has 0 aromatic heterocycles. The lowest BCUT2D eigenvalue weighted by Crippen LogP contribution is -2.06. The Labute approximate surface area is 195 Å². The molecule has 0 saturated carbocycles. The molecule has 0 saturated heterocycles. The molecule has 2 aromatic carbocycles. The predicted molar refractivity (Wildman–Crippen MR) is 143 cm³/mol. The van der Waals surface area contributed by atoms with Gasteiger partial charge >= 0.3 is 0 Å². The summed E-state index contributed by atoms with van der Waals surface area (Å²) in [6.45, 7) is 14.0. The van der Waals surface area contributed by atoms with Crippen molar-refractivity contribution >= 4 is 0 Å². The number of hydrogen-bond acceptors (Lipinski definition) is 1. The number of unbranched alkanes of at least 4 members (excludes halogenated alkanes) is 3. The second kappa shape index (κ2) is 24.2. The van der Waals surface area contributed by atoms with E-state index < -0.39 is 0 Å². The Morgan fingerprint density at radius 2 is 1.26 bits per heavy atom. The van der Waals surface area contributed by atoms with Crippen LogP contribution in [0.5, 0.6) is 0 Å². The molecule has 0 heterocycles. The Morgan fingerprint density at radius 3 is 1.65 bits per heavy atom. The number of benzene rings is 2. The molecule has 1 N–H and O–H groups in total. The van der Waals surface area contributed by atoms with Crippen LogP contribution in [0.15, 0.2) is 48.5 Å². The number of aryl methyl sites for hydroxylation is 4. The molecule has 0 unspecified atom stereocenters. The van der Waals surface area contributed by atoms with Crippen molar-refractivity contribution in [1.29, 1.82) is 0 Å². The van der Waals surface area contributed by atoms with E-state index in [2.05, 4.69) is 94.4 Å². The largest absolute Gasteiger partial charge is 0.320 e. The van der Waals surface area contributed by atoms with Crippen LogP contribution in [-0.2, 0) is 12.8 Å². The molecule has 2 aromatic rings. The normalized spacial score (nSPS) is 9.10. The lowest BCUT2D eigenvalue weighted by molar-refractivity contribution is 0.634. The second-order valence-electron chi connectivity index (χ2n) is 7.75. The minimum atomic E-state index is 0.847. The summed E-state index contributed by atoms with van der Waals surface area (Å²) in [6.07, 6.45) is 14.7. The summed E-state index contributed by atoms with van der Waals surface area (Å²) in [5, 5.41) is 3.13. The van der Waals surface area contributed by atoms with Gasteiger partial charge in [0.2, 0.25) is 0 Å². The highest BCUT2D eigenvalue weighted by Gasteiger charge is 1.96. The van der Waals surface area contributed by atoms with Crippen LogP contribution >= 0.6 is 0 Å². The van der Waals surface area contributed by atoms with Crippen molar-refractivity contribution in [3.05, 3.63) is 70.8 Å². The summed E-state index contributed by atoms with van der Waals surface area (Å²) in [5.41, 5.74) is 5.69. The summed E-state index contributed by atoms with van der Waals surface area (Å²) in [6, 6.07) is 17.2. The number of terminal acetylenes is 1. The molecule has 0 atom stereocenters. The van der Waals surface area contributed by atoms with Crippen LogP contribution in [0.25, 0.3) is 0 Å². The van der Waals surface area contributed by atoms with Gasteiger partial charge in [0.05, 0.1) is 0 Å². The molecule has 0 aliphatic rings. The summed E-state index contributed by atoms with van der Waals surface area (Å²) in [4.78, 5) is 0. The first-order valence-corrected chi connectivity index (χ1v) is 12.2. The van der Waals surface area contributed by atoms with Gasteiger partial charge in [0.1, 0.15) is 0 Å². The van der Waals surface area contributed by atoms with Gasteiger partial charge in [-0.3, -0.25) is 0 Å². The third-order valence-electron chi connectivity index (χ3n) is 4.72. The predicted octanol–water partition coefficient (Wildman–Crippen LogP) is 8.32. The standard InChI is InChI=1S/C11H16.C8H10.C7H17N.C4H6/c1-3-7-11-9-6-5-8-10(11)4-2;1-7-3-5-8(2)6-4-7;1-3-4-5-6-7-8-2;1-3-4-2/h5-6,8-9H,3-4,7H2,1-2H3;3-6H,1-2H3;8H,3-7H2,1-2H3;1H,4H2,2H3. The molecule has 0 aliphatic carbocycles. The van der Waals surface area contributed by atoms with Crippen molar-refractivity contribution in [1.82, 2.24) is 5.32 Å². The molecule has 0 aliphatic heterocycles. The molecule has 174 valence electrons. The van der Waals surface area contributed by atoms with Gasteiger partial charge in [-0.2, -0.15) is 0 Å². The van der Waals surface area contributed by atoms with Crippen molar-refractivity contribution in [2.45, 2.75) is 92.9 Å². The number of nitrogens with one attached hydrogen (secondary N) is 1. The maximum atomic E-state index is 4.78. The molecular weight excluding hydrogens is 374 g/mol. The molecule has 1 heteroatoms. The minimum absolute atomic E-state index is 0.847. The van der Waals surface area contributed by atoms with Gasteiger partial charge in [-0.15, -0.1) is 12.3 Å². The van der Waals surface area contributed by atoms with Crippen molar-refractivity contribution in [3.8, 4) is 12.3 Å². The van der Waals surface area contributed by atoms with Crippen molar-refractivity contribution in [3.63, 3.8) is 0 Å². The molecule has 0 spiro atoms. The third-order valence-corrected chi connectivity index (χ3v) is 4.72. The maximum Gasteiger partial charge on any atom is 0.00576 e. The van der Waals surface area contributed by atoms with Gasteiger partial charge in [-0.1, -0.05) is 113 Å². The van der Waals surface area contributed by atoms with Gasteiger partial charge in [0, 0.05) is 6.42 Å². The van der Waals surface area contributed by atoms with E-state index in [-0.39, 0.29) is 0 Å². The topological polar surface area (TPSA) is 12.0 Å². The fourth-order valence-electron chi connectivity index (χ4n) is 2.78. The fourth-order valence-corrected chi connectivity index (χ4v) is 2.78. The molecule has 1 nitrogen and oxygen atoms in total. The average molecular weight is 424 g/mol. The highest BCUT2D eigenvalue weighted by molar-refractivity contribution is 5.26. The van der Waals surface area contributed by atoms with E-state index >= 15 is 0 Å². The van der Waals surface area contributed by atoms with Crippen LogP contribution < -0.4 is 5.32 Å². The van der Waals surface area contributed by atoms with Gasteiger partial charge in [-0.25, -0.2) is 0 Å². The highest BCUT2D eigenvalue weighted by atomic mass is 14.8. The van der Waals surface area contributed by atoms with Crippen molar-refractivity contribution < 1.29 is 0 Å². The average Bonchev–Trinajstić information content (AvgIpc) is 2.80. The Morgan fingerprint density at radius 1 is 0.742 bits per heavy atom. The monoisotopic (exact) mass is 423 g/mol. The first-order valence-electron chi connectivity index (χ1n) is 12.2. The first-order chi connectivity index (χ1) is 15.0. The Hall–Kier alpha value is -2.04. The van der Waals surface area contributed by atoms with Gasteiger partial charge < -0.3 is 5.32 Å². The van der Waals surface area contributed by atoms with Gasteiger partial charge in [0.25, 0.3) is 0 Å². The number of rotatable bonds is 8. The summed E-state index contributed by atoms with van der Waals surface area (Å²) in [5.74, 6) is 2.43. The van der Waals surface area contributed by atoms with E-state index in [1.807, 2.05) is 14.0 Å². The zero-order valence-corrected chi connectivity index (χ0v) is 21.6. The van der Waals surface area contributed by atoms with Crippen LogP contribution in [0.1, 0.15) is 88.5 Å². The third kappa shape index (κ3) is 21.0. The lowest BCUT2D eigenvalue weighted by atomic mass is 10.0. The van der Waals surface area contributed by atoms with E-state index in [0.29, 0.717) is 0 Å². The van der Waals surface area contributed by atoms with Crippen molar-refractivity contribution in [2.75, 3.05) is 13.6 Å². The quantitative estimate of drug-likeness (QED) is 0.332. The summed E-state index contributed by atoms with van der Waals surface area (Å²) < 4.78 is 0. The van der Waals surface area contributed by atoms with Crippen LogP contribution in [0.2, 0.25) is 0 Å². The van der Waals surface area contributed by atoms with E-state index in [1.54, 1.807) is 0 Å². The summed E-state index contributed by atoms with van der Waals surface area (Å²) >= 11 is 0. The highest BCUT2D eigenvalue weighted by Crippen LogP contribution is 2.11. The Kier molecular flexibility index (Phi) is 24.3. The molecular formula is C30H49N. The number of hydrogen-bond donors (Lipinski definition) is 1. The molecule has 0 amide bonds. The van der Waals surface area contributed by atoms with Crippen LogP contribution in [0.4, 0.5) is 0 Å². The fraction of sp³-hybridized carbons (Fsp3) is 0.533.